The van der Waals surface area contributed by atoms with E-state index in [9.17, 15) is 4.39 Å². The summed E-state index contributed by atoms with van der Waals surface area (Å²) in [6, 6.07) is 14.3. The second-order valence-corrected chi connectivity index (χ2v) is 6.44. The molecule has 0 aliphatic rings. The summed E-state index contributed by atoms with van der Waals surface area (Å²) in [6.07, 6.45) is 4.84. The maximum absolute atomic E-state index is 12.5. The third-order valence-electron chi connectivity index (χ3n) is 3.76. The SMILES string of the molecule is CN(C)c1cccc(Cc2c[nH]cc2S)c1.N#Cc1ccc(N)c(F)c1. The van der Waals surface area contributed by atoms with Crippen molar-refractivity contribution in [2.45, 2.75) is 11.3 Å². The van der Waals surface area contributed by atoms with Crippen LogP contribution in [0, 0.1) is 17.1 Å². The van der Waals surface area contributed by atoms with Crippen LogP contribution >= 0.6 is 12.6 Å². The largest absolute Gasteiger partial charge is 0.396 e. The average Bonchev–Trinajstić information content (AvgIpc) is 3.03. The first-order valence-electron chi connectivity index (χ1n) is 7.96. The molecule has 0 unspecified atom stereocenters. The average molecular weight is 368 g/mol. The number of aromatic amines is 1. The summed E-state index contributed by atoms with van der Waals surface area (Å²) >= 11 is 4.40. The lowest BCUT2D eigenvalue weighted by Crippen LogP contribution is -2.08. The molecule has 0 radical (unpaired) electrons. The number of thiol groups is 1. The summed E-state index contributed by atoms with van der Waals surface area (Å²) in [5.74, 6) is -0.543. The quantitative estimate of drug-likeness (QED) is 0.478. The zero-order valence-corrected chi connectivity index (χ0v) is 15.6. The highest BCUT2D eigenvalue weighted by Gasteiger charge is 2.03. The van der Waals surface area contributed by atoms with Gasteiger partial charge in [-0.15, -0.1) is 12.6 Å². The van der Waals surface area contributed by atoms with Gasteiger partial charge in [-0.25, -0.2) is 4.39 Å². The smallest absolute Gasteiger partial charge is 0.147 e. The summed E-state index contributed by atoms with van der Waals surface area (Å²) in [5, 5.41) is 8.30. The molecule has 0 aliphatic carbocycles. The van der Waals surface area contributed by atoms with E-state index in [0.29, 0.717) is 0 Å². The Hall–Kier alpha value is -2.91. The lowest BCUT2D eigenvalue weighted by molar-refractivity contribution is 0.632. The lowest BCUT2D eigenvalue weighted by atomic mass is 10.1. The predicted molar refractivity (Wildman–Crippen MR) is 107 cm³/mol. The number of nitriles is 1. The van der Waals surface area contributed by atoms with Crippen LogP contribution in [-0.2, 0) is 6.42 Å². The first-order chi connectivity index (χ1) is 12.4. The van der Waals surface area contributed by atoms with E-state index < -0.39 is 5.82 Å². The van der Waals surface area contributed by atoms with E-state index in [1.165, 1.54) is 28.9 Å². The minimum Gasteiger partial charge on any atom is -0.396 e. The number of nitrogens with two attached hydrogens (primary N) is 1. The van der Waals surface area contributed by atoms with Crippen molar-refractivity contribution < 1.29 is 4.39 Å². The van der Waals surface area contributed by atoms with Gasteiger partial charge >= 0.3 is 0 Å². The topological polar surface area (TPSA) is 68.8 Å². The molecule has 6 heteroatoms. The molecule has 3 rings (SSSR count). The van der Waals surface area contributed by atoms with Crippen molar-refractivity contribution >= 4 is 24.0 Å². The number of hydrogen-bond donors (Lipinski definition) is 3. The van der Waals surface area contributed by atoms with Gasteiger partial charge in [-0.05, 0) is 41.5 Å². The van der Waals surface area contributed by atoms with Gasteiger partial charge in [0.1, 0.15) is 5.82 Å². The monoisotopic (exact) mass is 368 g/mol. The van der Waals surface area contributed by atoms with Crippen LogP contribution in [0.15, 0.2) is 59.8 Å². The molecule has 3 N–H and O–H groups in total. The number of H-pyrrole nitrogens is 1. The Morgan fingerprint density at radius 3 is 2.54 bits per heavy atom. The van der Waals surface area contributed by atoms with E-state index in [4.69, 9.17) is 11.0 Å². The van der Waals surface area contributed by atoms with E-state index in [1.54, 1.807) is 6.07 Å². The summed E-state index contributed by atoms with van der Waals surface area (Å²) in [6.45, 7) is 0. The lowest BCUT2D eigenvalue weighted by Gasteiger charge is -2.13. The Morgan fingerprint density at radius 1 is 1.19 bits per heavy atom. The molecule has 0 bridgehead atoms. The fourth-order valence-electron chi connectivity index (χ4n) is 2.29. The van der Waals surface area contributed by atoms with Crippen molar-refractivity contribution in [2.75, 3.05) is 24.7 Å². The number of nitrogen functional groups attached to an aromatic ring is 1. The van der Waals surface area contributed by atoms with E-state index in [0.717, 1.165) is 17.4 Å². The minimum absolute atomic E-state index is 0.0685. The van der Waals surface area contributed by atoms with Gasteiger partial charge in [-0.2, -0.15) is 5.26 Å². The summed E-state index contributed by atoms with van der Waals surface area (Å²) in [5.41, 5.74) is 9.28. The number of benzene rings is 2. The normalized spacial score (nSPS) is 9.81. The van der Waals surface area contributed by atoms with E-state index in [2.05, 4.69) is 60.9 Å². The molecule has 1 aromatic heterocycles. The second kappa shape index (κ2) is 8.97. The second-order valence-electron chi connectivity index (χ2n) is 5.96. The van der Waals surface area contributed by atoms with Gasteiger partial charge in [0.05, 0.1) is 17.3 Å². The van der Waals surface area contributed by atoms with Crippen LogP contribution in [0.5, 0.6) is 0 Å². The molecule has 4 nitrogen and oxygen atoms in total. The standard InChI is InChI=1S/C13H16N2S.C7H5FN2/c1-15(2)12-5-3-4-10(7-12)6-11-8-14-9-13(11)16;8-6-3-5(4-9)1-2-7(6)10/h3-5,7-9,14,16H,6H2,1-2H3;1-3H,10H2. The molecule has 134 valence electrons. The number of halogens is 1. The Morgan fingerprint density at radius 2 is 1.96 bits per heavy atom. The molecule has 0 atom stereocenters. The maximum Gasteiger partial charge on any atom is 0.147 e. The van der Waals surface area contributed by atoms with Crippen LogP contribution in [0.25, 0.3) is 0 Å². The van der Waals surface area contributed by atoms with Crippen molar-refractivity contribution in [1.29, 1.82) is 5.26 Å². The maximum atomic E-state index is 12.5. The van der Waals surface area contributed by atoms with Gasteiger partial charge in [0.2, 0.25) is 0 Å². The minimum atomic E-state index is -0.543. The number of nitrogens with one attached hydrogen (secondary N) is 1. The van der Waals surface area contributed by atoms with Gasteiger partial charge < -0.3 is 15.6 Å². The van der Waals surface area contributed by atoms with Crippen LogP contribution in [-0.4, -0.2) is 19.1 Å². The first-order valence-corrected chi connectivity index (χ1v) is 8.41. The number of nitrogens with zero attached hydrogens (tertiary/aromatic N) is 2. The van der Waals surface area contributed by atoms with E-state index >= 15 is 0 Å². The Balaban J connectivity index is 0.000000209. The van der Waals surface area contributed by atoms with Crippen molar-refractivity contribution in [3.63, 3.8) is 0 Å². The van der Waals surface area contributed by atoms with Crippen LogP contribution in [0.2, 0.25) is 0 Å². The highest BCUT2D eigenvalue weighted by atomic mass is 32.1. The van der Waals surface area contributed by atoms with Crippen LogP contribution in [0.1, 0.15) is 16.7 Å². The van der Waals surface area contributed by atoms with E-state index in [1.807, 2.05) is 12.4 Å². The van der Waals surface area contributed by atoms with Crippen molar-refractivity contribution in [1.82, 2.24) is 4.98 Å². The molecule has 0 fully saturated rings. The van der Waals surface area contributed by atoms with Crippen LogP contribution in [0.4, 0.5) is 15.8 Å². The molecule has 26 heavy (non-hydrogen) atoms. The van der Waals surface area contributed by atoms with Gasteiger partial charge in [0.25, 0.3) is 0 Å². The third kappa shape index (κ3) is 5.30. The summed E-state index contributed by atoms with van der Waals surface area (Å²) in [4.78, 5) is 6.21. The molecular formula is C20H21FN4S. The highest BCUT2D eigenvalue weighted by molar-refractivity contribution is 7.80. The molecule has 0 saturated heterocycles. The molecule has 0 saturated carbocycles. The molecule has 0 aliphatic heterocycles. The number of hydrogen-bond acceptors (Lipinski definition) is 4. The number of anilines is 2. The van der Waals surface area contributed by atoms with Crippen LogP contribution in [0.3, 0.4) is 0 Å². The van der Waals surface area contributed by atoms with Gasteiger partial charge in [0, 0.05) is 43.5 Å². The van der Waals surface area contributed by atoms with E-state index in [-0.39, 0.29) is 11.3 Å². The zero-order valence-electron chi connectivity index (χ0n) is 14.7. The fraction of sp³-hybridized carbons (Fsp3) is 0.150. The van der Waals surface area contributed by atoms with Gasteiger partial charge in [-0.1, -0.05) is 12.1 Å². The van der Waals surface area contributed by atoms with Gasteiger partial charge in [0.15, 0.2) is 0 Å². The van der Waals surface area contributed by atoms with Crippen LogP contribution < -0.4 is 10.6 Å². The Kier molecular flexibility index (Phi) is 6.70. The molecular weight excluding hydrogens is 347 g/mol. The first kappa shape index (κ1) is 19.4. The number of rotatable bonds is 3. The molecule has 0 amide bonds. The van der Waals surface area contributed by atoms with Crippen molar-refractivity contribution in [3.05, 3.63) is 77.4 Å². The number of aromatic nitrogens is 1. The molecule has 3 aromatic rings. The van der Waals surface area contributed by atoms with Crippen molar-refractivity contribution in [2.24, 2.45) is 0 Å². The van der Waals surface area contributed by atoms with Crippen molar-refractivity contribution in [3.8, 4) is 6.07 Å². The Labute approximate surface area is 158 Å². The summed E-state index contributed by atoms with van der Waals surface area (Å²) < 4.78 is 12.5. The predicted octanol–water partition coefficient (Wildman–Crippen LogP) is 4.24. The molecule has 1 heterocycles. The zero-order chi connectivity index (χ0) is 19.1. The Bertz CT molecular complexity index is 912. The fourth-order valence-corrected chi connectivity index (χ4v) is 2.51. The molecule has 2 aromatic carbocycles. The molecule has 0 spiro atoms. The third-order valence-corrected chi connectivity index (χ3v) is 4.17. The highest BCUT2D eigenvalue weighted by Crippen LogP contribution is 2.20. The van der Waals surface area contributed by atoms with Gasteiger partial charge in [-0.3, -0.25) is 0 Å². The summed E-state index contributed by atoms with van der Waals surface area (Å²) in [7, 11) is 4.11.